The number of nitrogens with one attached hydrogen (secondary N) is 1. The normalized spacial score (nSPS) is 13.1. The minimum absolute atomic E-state index is 0.262. The van der Waals surface area contributed by atoms with Crippen molar-refractivity contribution in [2.45, 2.75) is 27.3 Å². The van der Waals surface area contributed by atoms with E-state index in [1.54, 1.807) is 0 Å². The first-order valence-corrected chi connectivity index (χ1v) is 6.01. The molecule has 0 amide bonds. The van der Waals surface area contributed by atoms with E-state index < -0.39 is 0 Å². The third kappa shape index (κ3) is 3.95. The number of aliphatic hydroxyl groups is 1. The molecule has 0 saturated carbocycles. The van der Waals surface area contributed by atoms with Gasteiger partial charge in [0.1, 0.15) is 0 Å². The van der Waals surface area contributed by atoms with Gasteiger partial charge in [0.2, 0.25) is 0 Å². The predicted molar refractivity (Wildman–Crippen MR) is 68.3 cm³/mol. The Hall–Kier alpha value is -0.860. The van der Waals surface area contributed by atoms with Gasteiger partial charge in [-0.15, -0.1) is 0 Å². The third-order valence-corrected chi connectivity index (χ3v) is 3.16. The molecule has 0 heterocycles. The summed E-state index contributed by atoms with van der Waals surface area (Å²) in [5, 5.41) is 12.6. The fraction of sp³-hybridized carbons (Fsp3) is 0.571. The molecule has 0 saturated heterocycles. The largest absolute Gasteiger partial charge is 0.396 e. The summed E-state index contributed by atoms with van der Waals surface area (Å²) >= 11 is 0. The van der Waals surface area contributed by atoms with E-state index in [0.29, 0.717) is 11.8 Å². The molecule has 1 aromatic carbocycles. The molecule has 2 heteroatoms. The first-order chi connectivity index (χ1) is 7.65. The fourth-order valence-corrected chi connectivity index (χ4v) is 1.71. The molecule has 0 aliphatic rings. The smallest absolute Gasteiger partial charge is 0.0473 e. The van der Waals surface area contributed by atoms with Gasteiger partial charge in [-0.05, 0) is 29.9 Å². The maximum atomic E-state index is 9.21. The van der Waals surface area contributed by atoms with Gasteiger partial charge >= 0.3 is 0 Å². The van der Waals surface area contributed by atoms with Crippen LogP contribution in [0.1, 0.15) is 25.0 Å². The van der Waals surface area contributed by atoms with Gasteiger partial charge < -0.3 is 10.4 Å². The topological polar surface area (TPSA) is 32.3 Å². The Morgan fingerprint density at radius 2 is 1.94 bits per heavy atom. The van der Waals surface area contributed by atoms with Crippen molar-refractivity contribution in [2.75, 3.05) is 13.2 Å². The molecule has 0 aliphatic carbocycles. The van der Waals surface area contributed by atoms with Gasteiger partial charge in [-0.1, -0.05) is 38.1 Å². The van der Waals surface area contributed by atoms with Gasteiger partial charge in [-0.25, -0.2) is 0 Å². The van der Waals surface area contributed by atoms with Crippen LogP contribution in [0.5, 0.6) is 0 Å². The van der Waals surface area contributed by atoms with Crippen LogP contribution in [-0.2, 0) is 6.54 Å². The SMILES string of the molecule is Cc1ccccc1CNCC(CO)C(C)C. The van der Waals surface area contributed by atoms with Crippen LogP contribution in [0.15, 0.2) is 24.3 Å². The molecule has 1 rings (SSSR count). The number of hydrogen-bond acceptors (Lipinski definition) is 2. The van der Waals surface area contributed by atoms with Gasteiger partial charge in [0.15, 0.2) is 0 Å². The molecular weight excluding hydrogens is 198 g/mol. The highest BCUT2D eigenvalue weighted by molar-refractivity contribution is 5.25. The Morgan fingerprint density at radius 3 is 2.50 bits per heavy atom. The minimum atomic E-state index is 0.262. The standard InChI is InChI=1S/C14H23NO/c1-11(2)14(10-16)9-15-8-13-7-5-4-6-12(13)3/h4-7,11,14-16H,8-10H2,1-3H3. The van der Waals surface area contributed by atoms with E-state index in [1.165, 1.54) is 11.1 Å². The van der Waals surface area contributed by atoms with Crippen molar-refractivity contribution in [1.29, 1.82) is 0 Å². The number of benzene rings is 1. The van der Waals surface area contributed by atoms with E-state index in [0.717, 1.165) is 13.1 Å². The molecule has 2 nitrogen and oxygen atoms in total. The van der Waals surface area contributed by atoms with E-state index in [1.807, 2.05) is 0 Å². The van der Waals surface area contributed by atoms with Gasteiger partial charge in [-0.3, -0.25) is 0 Å². The second kappa shape index (κ2) is 6.66. The van der Waals surface area contributed by atoms with E-state index in [-0.39, 0.29) is 6.61 Å². The summed E-state index contributed by atoms with van der Waals surface area (Å²) in [6, 6.07) is 8.40. The van der Waals surface area contributed by atoms with Crippen LogP contribution in [0.3, 0.4) is 0 Å². The van der Waals surface area contributed by atoms with Crippen LogP contribution >= 0.6 is 0 Å². The Balaban J connectivity index is 2.38. The van der Waals surface area contributed by atoms with Crippen LogP contribution in [0.4, 0.5) is 0 Å². The molecule has 1 atom stereocenters. The van der Waals surface area contributed by atoms with E-state index >= 15 is 0 Å². The van der Waals surface area contributed by atoms with Crippen LogP contribution in [-0.4, -0.2) is 18.3 Å². The summed E-state index contributed by atoms with van der Waals surface area (Å²) in [4.78, 5) is 0. The van der Waals surface area contributed by atoms with Crippen molar-refractivity contribution in [2.24, 2.45) is 11.8 Å². The van der Waals surface area contributed by atoms with E-state index in [2.05, 4.69) is 50.4 Å². The molecule has 0 aliphatic heterocycles. The molecule has 16 heavy (non-hydrogen) atoms. The highest BCUT2D eigenvalue weighted by atomic mass is 16.3. The molecule has 90 valence electrons. The van der Waals surface area contributed by atoms with Crippen LogP contribution in [0.25, 0.3) is 0 Å². The molecule has 0 spiro atoms. The predicted octanol–water partition coefficient (Wildman–Crippen LogP) is 2.35. The van der Waals surface area contributed by atoms with Crippen molar-refractivity contribution in [3.8, 4) is 0 Å². The summed E-state index contributed by atoms with van der Waals surface area (Å²) in [6.45, 7) is 8.45. The van der Waals surface area contributed by atoms with E-state index in [4.69, 9.17) is 0 Å². The van der Waals surface area contributed by atoms with Gasteiger partial charge in [-0.2, -0.15) is 0 Å². The zero-order chi connectivity index (χ0) is 12.0. The Kier molecular flexibility index (Phi) is 5.50. The van der Waals surface area contributed by atoms with Crippen molar-refractivity contribution in [3.63, 3.8) is 0 Å². The lowest BCUT2D eigenvalue weighted by Gasteiger charge is -2.19. The highest BCUT2D eigenvalue weighted by Gasteiger charge is 2.11. The first kappa shape index (κ1) is 13.2. The molecular formula is C14H23NO. The monoisotopic (exact) mass is 221 g/mol. The van der Waals surface area contributed by atoms with Crippen molar-refractivity contribution in [1.82, 2.24) is 5.32 Å². The number of aliphatic hydroxyl groups excluding tert-OH is 1. The Labute approximate surface area is 98.7 Å². The lowest BCUT2D eigenvalue weighted by atomic mass is 9.97. The van der Waals surface area contributed by atoms with Crippen LogP contribution in [0, 0.1) is 18.8 Å². The zero-order valence-electron chi connectivity index (χ0n) is 10.5. The lowest BCUT2D eigenvalue weighted by Crippen LogP contribution is -2.28. The van der Waals surface area contributed by atoms with Crippen LogP contribution in [0.2, 0.25) is 0 Å². The lowest BCUT2D eigenvalue weighted by molar-refractivity contribution is 0.186. The molecule has 0 radical (unpaired) electrons. The molecule has 2 N–H and O–H groups in total. The molecule has 0 fully saturated rings. The second-order valence-electron chi connectivity index (χ2n) is 4.74. The zero-order valence-corrected chi connectivity index (χ0v) is 10.5. The van der Waals surface area contributed by atoms with Crippen molar-refractivity contribution < 1.29 is 5.11 Å². The maximum Gasteiger partial charge on any atom is 0.0473 e. The summed E-state index contributed by atoms with van der Waals surface area (Å²) in [5.41, 5.74) is 2.66. The summed E-state index contributed by atoms with van der Waals surface area (Å²) in [6.07, 6.45) is 0. The number of hydrogen-bond donors (Lipinski definition) is 2. The first-order valence-electron chi connectivity index (χ1n) is 6.01. The molecule has 1 unspecified atom stereocenters. The summed E-state index contributed by atoms with van der Waals surface area (Å²) < 4.78 is 0. The summed E-state index contributed by atoms with van der Waals surface area (Å²) in [5.74, 6) is 0.874. The minimum Gasteiger partial charge on any atom is -0.396 e. The molecule has 0 aromatic heterocycles. The molecule has 1 aromatic rings. The van der Waals surface area contributed by atoms with Gasteiger partial charge in [0.05, 0.1) is 0 Å². The third-order valence-electron chi connectivity index (χ3n) is 3.16. The van der Waals surface area contributed by atoms with Crippen molar-refractivity contribution >= 4 is 0 Å². The Morgan fingerprint density at radius 1 is 1.25 bits per heavy atom. The van der Waals surface area contributed by atoms with Crippen LogP contribution < -0.4 is 5.32 Å². The van der Waals surface area contributed by atoms with Gasteiger partial charge in [0, 0.05) is 19.7 Å². The molecule has 0 bridgehead atoms. The number of rotatable bonds is 6. The average molecular weight is 221 g/mol. The maximum absolute atomic E-state index is 9.21. The van der Waals surface area contributed by atoms with Crippen molar-refractivity contribution in [3.05, 3.63) is 35.4 Å². The Bertz CT molecular complexity index is 309. The number of aryl methyl sites for hydroxylation is 1. The summed E-state index contributed by atoms with van der Waals surface area (Å²) in [7, 11) is 0. The average Bonchev–Trinajstić information content (AvgIpc) is 2.26. The highest BCUT2D eigenvalue weighted by Crippen LogP contribution is 2.10. The van der Waals surface area contributed by atoms with Gasteiger partial charge in [0.25, 0.3) is 0 Å². The quantitative estimate of drug-likeness (QED) is 0.773. The second-order valence-corrected chi connectivity index (χ2v) is 4.74. The fourth-order valence-electron chi connectivity index (χ4n) is 1.71. The van der Waals surface area contributed by atoms with E-state index in [9.17, 15) is 5.11 Å².